The molecular weight excluding hydrogens is 301 g/mol. The number of nitrogens with zero attached hydrogens (tertiary/aromatic N) is 1. The van der Waals surface area contributed by atoms with Crippen molar-refractivity contribution in [3.63, 3.8) is 0 Å². The smallest absolute Gasteiger partial charge is 0.309 e. The highest BCUT2D eigenvalue weighted by atomic mass is 35.5. The van der Waals surface area contributed by atoms with E-state index in [9.17, 15) is 4.79 Å². The summed E-state index contributed by atoms with van der Waals surface area (Å²) in [4.78, 5) is 15.2. The molecule has 1 aromatic heterocycles. The minimum absolute atomic E-state index is 0.0153. The van der Waals surface area contributed by atoms with Gasteiger partial charge in [-0.1, -0.05) is 23.2 Å². The minimum Gasteiger partial charge on any atom is -0.489 e. The molecule has 0 saturated carbocycles. The monoisotopic (exact) mass is 313 g/mol. The number of pyridine rings is 1. The van der Waals surface area contributed by atoms with E-state index in [1.807, 2.05) is 19.1 Å². The van der Waals surface area contributed by atoms with E-state index < -0.39 is 11.9 Å². The molecule has 1 aromatic carbocycles. The second kappa shape index (κ2) is 5.85. The van der Waals surface area contributed by atoms with Gasteiger partial charge in [0.25, 0.3) is 0 Å². The lowest BCUT2D eigenvalue weighted by molar-refractivity contribution is -0.142. The number of aromatic nitrogens is 1. The maximum atomic E-state index is 10.8. The predicted octanol–water partition coefficient (Wildman–Crippen LogP) is 3.95. The molecule has 0 aliphatic heterocycles. The van der Waals surface area contributed by atoms with E-state index in [0.29, 0.717) is 21.3 Å². The van der Waals surface area contributed by atoms with Gasteiger partial charge in [0.15, 0.2) is 5.75 Å². The molecule has 0 saturated heterocycles. The van der Waals surface area contributed by atoms with E-state index >= 15 is 0 Å². The van der Waals surface area contributed by atoms with Crippen LogP contribution in [0, 0.1) is 12.8 Å². The van der Waals surface area contributed by atoms with Gasteiger partial charge in [-0.05, 0) is 32.0 Å². The molecule has 2 rings (SSSR count). The van der Waals surface area contributed by atoms with Gasteiger partial charge in [0.05, 0.1) is 16.0 Å². The lowest BCUT2D eigenvalue weighted by Gasteiger charge is -2.14. The SMILES string of the molecule is Cc1ccc2c(Cl)cc(Cl)c(OCC(C)C(=O)O)c2n1. The second-order valence-electron chi connectivity index (χ2n) is 4.57. The minimum atomic E-state index is -0.927. The van der Waals surface area contributed by atoms with E-state index in [2.05, 4.69) is 4.98 Å². The fourth-order valence-electron chi connectivity index (χ4n) is 1.71. The van der Waals surface area contributed by atoms with Crippen molar-refractivity contribution in [1.82, 2.24) is 4.98 Å². The molecule has 0 radical (unpaired) electrons. The highest BCUT2D eigenvalue weighted by Crippen LogP contribution is 2.37. The third-order valence-electron chi connectivity index (χ3n) is 2.88. The molecule has 0 spiro atoms. The summed E-state index contributed by atoms with van der Waals surface area (Å²) in [6.45, 7) is 3.42. The number of benzene rings is 1. The molecule has 1 unspecified atom stereocenters. The van der Waals surface area contributed by atoms with Gasteiger partial charge in [-0.2, -0.15) is 0 Å². The Morgan fingerprint density at radius 3 is 2.75 bits per heavy atom. The van der Waals surface area contributed by atoms with E-state index in [1.54, 1.807) is 13.0 Å². The number of rotatable bonds is 4. The first-order valence-corrected chi connectivity index (χ1v) is 6.76. The summed E-state index contributed by atoms with van der Waals surface area (Å²) in [6.07, 6.45) is 0. The van der Waals surface area contributed by atoms with Crippen molar-refractivity contribution in [3.8, 4) is 5.75 Å². The fraction of sp³-hybridized carbons (Fsp3) is 0.286. The molecular formula is C14H13Cl2NO3. The van der Waals surface area contributed by atoms with Crippen LogP contribution in [-0.4, -0.2) is 22.7 Å². The fourth-order valence-corrected chi connectivity index (χ4v) is 2.28. The normalized spacial score (nSPS) is 12.4. The summed E-state index contributed by atoms with van der Waals surface area (Å²) in [5.74, 6) is -1.20. The first-order valence-electron chi connectivity index (χ1n) is 6.01. The summed E-state index contributed by atoms with van der Waals surface area (Å²) in [5.41, 5.74) is 1.34. The number of carboxylic acids is 1. The molecule has 0 aliphatic rings. The summed E-state index contributed by atoms with van der Waals surface area (Å²) in [7, 11) is 0. The quantitative estimate of drug-likeness (QED) is 0.928. The number of ether oxygens (including phenoxy) is 1. The highest BCUT2D eigenvalue weighted by molar-refractivity contribution is 6.39. The Hall–Kier alpha value is -1.52. The van der Waals surface area contributed by atoms with Crippen molar-refractivity contribution in [3.05, 3.63) is 33.9 Å². The van der Waals surface area contributed by atoms with Crippen LogP contribution in [0.3, 0.4) is 0 Å². The average molecular weight is 314 g/mol. The van der Waals surface area contributed by atoms with Gasteiger partial charge in [-0.25, -0.2) is 4.98 Å². The molecule has 6 heteroatoms. The maximum Gasteiger partial charge on any atom is 0.309 e. The summed E-state index contributed by atoms with van der Waals surface area (Å²) < 4.78 is 5.55. The van der Waals surface area contributed by atoms with E-state index in [1.165, 1.54) is 0 Å². The Morgan fingerprint density at radius 1 is 1.40 bits per heavy atom. The number of fused-ring (bicyclic) bond motifs is 1. The van der Waals surface area contributed by atoms with Gasteiger partial charge in [0, 0.05) is 11.1 Å². The molecule has 4 nitrogen and oxygen atoms in total. The van der Waals surface area contributed by atoms with Crippen LogP contribution >= 0.6 is 23.2 Å². The molecule has 20 heavy (non-hydrogen) atoms. The summed E-state index contributed by atoms with van der Waals surface area (Å²) >= 11 is 12.3. The first kappa shape index (κ1) is 14.9. The Balaban J connectivity index is 2.46. The molecule has 1 atom stereocenters. The van der Waals surface area contributed by atoms with Gasteiger partial charge in [-0.15, -0.1) is 0 Å². The summed E-state index contributed by atoms with van der Waals surface area (Å²) in [6, 6.07) is 5.25. The maximum absolute atomic E-state index is 10.8. The zero-order chi connectivity index (χ0) is 14.9. The van der Waals surface area contributed by atoms with Crippen LogP contribution in [0.1, 0.15) is 12.6 Å². The van der Waals surface area contributed by atoms with Crippen molar-refractivity contribution >= 4 is 40.1 Å². The number of aryl methyl sites for hydroxylation is 1. The number of aliphatic carboxylic acids is 1. The molecule has 0 aliphatic carbocycles. The van der Waals surface area contributed by atoms with E-state index in [-0.39, 0.29) is 6.61 Å². The number of halogens is 2. The molecule has 1 N–H and O–H groups in total. The Bertz CT molecular complexity index is 673. The number of carboxylic acid groups (broad SMARTS) is 1. The highest BCUT2D eigenvalue weighted by Gasteiger charge is 2.17. The standard InChI is InChI=1S/C14H13Cl2NO3/c1-7(14(18)19)6-20-13-11(16)5-10(15)9-4-3-8(2)17-12(9)13/h3-5,7H,6H2,1-2H3,(H,18,19). The van der Waals surface area contributed by atoms with E-state index in [4.69, 9.17) is 33.0 Å². The predicted molar refractivity (Wildman–Crippen MR) is 78.8 cm³/mol. The third kappa shape index (κ3) is 2.97. The zero-order valence-electron chi connectivity index (χ0n) is 11.0. The topological polar surface area (TPSA) is 59.4 Å². The number of hydrogen-bond acceptors (Lipinski definition) is 3. The van der Waals surface area contributed by atoms with Crippen LogP contribution in [0.5, 0.6) is 5.75 Å². The van der Waals surface area contributed by atoms with Crippen LogP contribution in [0.2, 0.25) is 10.0 Å². The van der Waals surface area contributed by atoms with Crippen LogP contribution in [-0.2, 0) is 4.79 Å². The Kier molecular flexibility index (Phi) is 4.35. The first-order chi connectivity index (χ1) is 9.40. The van der Waals surface area contributed by atoms with Crippen molar-refractivity contribution in [2.75, 3.05) is 6.61 Å². The average Bonchev–Trinajstić information content (AvgIpc) is 2.37. The van der Waals surface area contributed by atoms with Gasteiger partial charge in [0.1, 0.15) is 12.1 Å². The molecule has 1 heterocycles. The molecule has 0 bridgehead atoms. The molecule has 0 amide bonds. The van der Waals surface area contributed by atoms with Gasteiger partial charge in [-0.3, -0.25) is 4.79 Å². The van der Waals surface area contributed by atoms with Crippen LogP contribution in [0.15, 0.2) is 18.2 Å². The van der Waals surface area contributed by atoms with Crippen molar-refractivity contribution < 1.29 is 14.6 Å². The Morgan fingerprint density at radius 2 is 2.10 bits per heavy atom. The van der Waals surface area contributed by atoms with E-state index in [0.717, 1.165) is 11.1 Å². The lowest BCUT2D eigenvalue weighted by atomic mass is 10.1. The van der Waals surface area contributed by atoms with Crippen LogP contribution in [0.25, 0.3) is 10.9 Å². The number of hydrogen-bond donors (Lipinski definition) is 1. The van der Waals surface area contributed by atoms with Crippen molar-refractivity contribution in [1.29, 1.82) is 0 Å². The summed E-state index contributed by atoms with van der Waals surface area (Å²) in [5, 5.41) is 10.4. The Labute approximate surface area is 126 Å². The molecule has 2 aromatic rings. The zero-order valence-corrected chi connectivity index (χ0v) is 12.5. The lowest BCUT2D eigenvalue weighted by Crippen LogP contribution is -2.18. The molecule has 106 valence electrons. The molecule has 0 fully saturated rings. The van der Waals surface area contributed by atoms with Gasteiger partial charge >= 0.3 is 5.97 Å². The van der Waals surface area contributed by atoms with Gasteiger partial charge < -0.3 is 9.84 Å². The van der Waals surface area contributed by atoms with Gasteiger partial charge in [0.2, 0.25) is 0 Å². The largest absolute Gasteiger partial charge is 0.489 e. The number of carbonyl (C=O) groups is 1. The third-order valence-corrected chi connectivity index (χ3v) is 3.47. The second-order valence-corrected chi connectivity index (χ2v) is 5.38. The van der Waals surface area contributed by atoms with Crippen LogP contribution in [0.4, 0.5) is 0 Å². The van der Waals surface area contributed by atoms with Crippen molar-refractivity contribution in [2.24, 2.45) is 5.92 Å². The van der Waals surface area contributed by atoms with Crippen LogP contribution < -0.4 is 4.74 Å². The van der Waals surface area contributed by atoms with Crippen molar-refractivity contribution in [2.45, 2.75) is 13.8 Å².